The lowest BCUT2D eigenvalue weighted by molar-refractivity contribution is -0.120. The Morgan fingerprint density at radius 1 is 1.00 bits per heavy atom. The van der Waals surface area contributed by atoms with Crippen LogP contribution < -0.4 is 5.32 Å². The number of para-hydroxylation sites is 1. The van der Waals surface area contributed by atoms with Crippen LogP contribution in [0, 0.1) is 6.92 Å². The van der Waals surface area contributed by atoms with Gasteiger partial charge in [-0.1, -0.05) is 42.5 Å². The van der Waals surface area contributed by atoms with Crippen LogP contribution in [0.15, 0.2) is 60.8 Å². The van der Waals surface area contributed by atoms with E-state index in [0.717, 1.165) is 27.6 Å². The molecule has 3 nitrogen and oxygen atoms in total. The minimum absolute atomic E-state index is 0.0372. The number of aromatic nitrogens is 1. The van der Waals surface area contributed by atoms with Crippen LogP contribution in [0.25, 0.3) is 10.9 Å². The topological polar surface area (TPSA) is 42.0 Å². The molecule has 0 radical (unpaired) electrons. The van der Waals surface area contributed by atoms with Crippen LogP contribution in [0.4, 0.5) is 0 Å². The Bertz CT molecular complexity index is 806. The number of hydrogen-bond donors (Lipinski definition) is 1. The molecule has 0 aliphatic heterocycles. The van der Waals surface area contributed by atoms with E-state index >= 15 is 0 Å². The molecule has 0 bridgehead atoms. The highest BCUT2D eigenvalue weighted by molar-refractivity contribution is 5.83. The van der Waals surface area contributed by atoms with E-state index in [1.807, 2.05) is 61.5 Å². The maximum absolute atomic E-state index is 12.1. The Kier molecular flexibility index (Phi) is 4.15. The fourth-order valence-corrected chi connectivity index (χ4v) is 2.55. The molecule has 110 valence electrons. The van der Waals surface area contributed by atoms with Crippen LogP contribution in [0.2, 0.25) is 0 Å². The molecule has 0 atom stereocenters. The first kappa shape index (κ1) is 14.3. The van der Waals surface area contributed by atoms with E-state index in [1.165, 1.54) is 0 Å². The van der Waals surface area contributed by atoms with Gasteiger partial charge in [0.1, 0.15) is 0 Å². The van der Waals surface area contributed by atoms with Crippen LogP contribution in [-0.4, -0.2) is 10.9 Å². The van der Waals surface area contributed by atoms with E-state index in [9.17, 15) is 4.79 Å². The van der Waals surface area contributed by atoms with E-state index in [1.54, 1.807) is 6.20 Å². The highest BCUT2D eigenvalue weighted by atomic mass is 16.1. The maximum Gasteiger partial charge on any atom is 0.224 e. The molecule has 1 heterocycles. The highest BCUT2D eigenvalue weighted by Crippen LogP contribution is 2.16. The van der Waals surface area contributed by atoms with E-state index in [0.29, 0.717) is 13.0 Å². The van der Waals surface area contributed by atoms with Crippen LogP contribution in [0.1, 0.15) is 16.7 Å². The average Bonchev–Trinajstić information content (AvgIpc) is 2.55. The monoisotopic (exact) mass is 290 g/mol. The van der Waals surface area contributed by atoms with Crippen molar-refractivity contribution < 1.29 is 4.79 Å². The lowest BCUT2D eigenvalue weighted by Crippen LogP contribution is -2.25. The first-order chi connectivity index (χ1) is 10.7. The molecule has 3 aromatic rings. The summed E-state index contributed by atoms with van der Waals surface area (Å²) in [5, 5.41) is 4.08. The summed E-state index contributed by atoms with van der Waals surface area (Å²) in [6.07, 6.45) is 2.20. The van der Waals surface area contributed by atoms with Gasteiger partial charge in [-0.2, -0.15) is 0 Å². The van der Waals surface area contributed by atoms with Crippen molar-refractivity contribution in [1.29, 1.82) is 0 Å². The Morgan fingerprint density at radius 2 is 1.77 bits per heavy atom. The van der Waals surface area contributed by atoms with Crippen molar-refractivity contribution in [2.75, 3.05) is 0 Å². The molecule has 1 N–H and O–H groups in total. The van der Waals surface area contributed by atoms with Gasteiger partial charge in [-0.05, 0) is 35.7 Å². The Balaban J connectivity index is 1.69. The number of carbonyl (C=O) groups excluding carboxylic acids is 1. The van der Waals surface area contributed by atoms with Crippen LogP contribution in [-0.2, 0) is 17.8 Å². The van der Waals surface area contributed by atoms with Gasteiger partial charge in [0.25, 0.3) is 0 Å². The zero-order chi connectivity index (χ0) is 15.4. The number of hydrogen-bond acceptors (Lipinski definition) is 2. The van der Waals surface area contributed by atoms with Crippen LogP contribution >= 0.6 is 0 Å². The van der Waals surface area contributed by atoms with Crippen molar-refractivity contribution >= 4 is 16.8 Å². The van der Waals surface area contributed by atoms with Gasteiger partial charge in [0.2, 0.25) is 5.91 Å². The maximum atomic E-state index is 12.1. The van der Waals surface area contributed by atoms with Gasteiger partial charge < -0.3 is 5.32 Å². The number of pyridine rings is 1. The fraction of sp³-hybridized carbons (Fsp3) is 0.158. The second kappa shape index (κ2) is 6.39. The lowest BCUT2D eigenvalue weighted by Gasteiger charge is -2.09. The van der Waals surface area contributed by atoms with Crippen LogP contribution in [0.3, 0.4) is 0 Å². The third-order valence-corrected chi connectivity index (χ3v) is 3.83. The molecule has 0 saturated carbocycles. The molecular formula is C19H18N2O. The molecule has 1 amide bonds. The normalized spacial score (nSPS) is 10.6. The Morgan fingerprint density at radius 3 is 2.64 bits per heavy atom. The number of carbonyl (C=O) groups is 1. The van der Waals surface area contributed by atoms with Crippen molar-refractivity contribution in [3.63, 3.8) is 0 Å². The molecule has 0 spiro atoms. The van der Waals surface area contributed by atoms with Crippen molar-refractivity contribution in [2.24, 2.45) is 0 Å². The second-order valence-electron chi connectivity index (χ2n) is 5.37. The summed E-state index contributed by atoms with van der Waals surface area (Å²) < 4.78 is 0. The summed E-state index contributed by atoms with van der Waals surface area (Å²) in [5.74, 6) is 0.0372. The summed E-state index contributed by atoms with van der Waals surface area (Å²) in [6.45, 7) is 2.55. The summed E-state index contributed by atoms with van der Waals surface area (Å²) in [4.78, 5) is 16.5. The van der Waals surface area contributed by atoms with Gasteiger partial charge in [-0.25, -0.2) is 0 Å². The van der Waals surface area contributed by atoms with Gasteiger partial charge in [-0.15, -0.1) is 0 Å². The standard InChI is InChI=1S/C19H18N2O/c1-14-6-2-3-7-15(14)12-19(22)21-13-16-10-11-20-18-9-5-4-8-17(16)18/h2-11H,12-13H2,1H3,(H,21,22). The number of aryl methyl sites for hydroxylation is 1. The summed E-state index contributed by atoms with van der Waals surface area (Å²) in [6, 6.07) is 17.9. The van der Waals surface area contributed by atoms with Crippen LogP contribution in [0.5, 0.6) is 0 Å². The first-order valence-electron chi connectivity index (χ1n) is 7.38. The minimum Gasteiger partial charge on any atom is -0.352 e. The SMILES string of the molecule is Cc1ccccc1CC(=O)NCc1ccnc2ccccc12. The van der Waals surface area contributed by atoms with E-state index in [-0.39, 0.29) is 5.91 Å². The zero-order valence-electron chi connectivity index (χ0n) is 12.5. The number of nitrogens with zero attached hydrogens (tertiary/aromatic N) is 1. The van der Waals surface area contributed by atoms with E-state index < -0.39 is 0 Å². The molecule has 0 unspecified atom stereocenters. The van der Waals surface area contributed by atoms with Gasteiger partial charge in [0.05, 0.1) is 11.9 Å². The number of amides is 1. The summed E-state index contributed by atoms with van der Waals surface area (Å²) >= 11 is 0. The summed E-state index contributed by atoms with van der Waals surface area (Å²) in [7, 11) is 0. The third-order valence-electron chi connectivity index (χ3n) is 3.83. The molecule has 0 aliphatic rings. The largest absolute Gasteiger partial charge is 0.352 e. The number of fused-ring (bicyclic) bond motifs is 1. The van der Waals surface area contributed by atoms with Crippen molar-refractivity contribution in [2.45, 2.75) is 19.9 Å². The summed E-state index contributed by atoms with van der Waals surface area (Å²) in [5.41, 5.74) is 4.25. The number of benzene rings is 2. The predicted molar refractivity (Wildman–Crippen MR) is 88.5 cm³/mol. The van der Waals surface area contributed by atoms with E-state index in [2.05, 4.69) is 10.3 Å². The van der Waals surface area contributed by atoms with Gasteiger partial charge in [0, 0.05) is 18.1 Å². The molecule has 3 rings (SSSR count). The fourth-order valence-electron chi connectivity index (χ4n) is 2.55. The molecule has 0 saturated heterocycles. The van der Waals surface area contributed by atoms with Crippen molar-refractivity contribution in [3.05, 3.63) is 77.5 Å². The van der Waals surface area contributed by atoms with Gasteiger partial charge >= 0.3 is 0 Å². The zero-order valence-corrected chi connectivity index (χ0v) is 12.5. The molecule has 3 heteroatoms. The Hall–Kier alpha value is -2.68. The second-order valence-corrected chi connectivity index (χ2v) is 5.37. The molecule has 22 heavy (non-hydrogen) atoms. The predicted octanol–water partition coefficient (Wildman–Crippen LogP) is 3.40. The van der Waals surface area contributed by atoms with Gasteiger partial charge in [0.15, 0.2) is 0 Å². The quantitative estimate of drug-likeness (QED) is 0.800. The molecular weight excluding hydrogens is 272 g/mol. The van der Waals surface area contributed by atoms with Gasteiger partial charge in [-0.3, -0.25) is 9.78 Å². The minimum atomic E-state index is 0.0372. The highest BCUT2D eigenvalue weighted by Gasteiger charge is 2.07. The van der Waals surface area contributed by atoms with Crippen molar-refractivity contribution in [3.8, 4) is 0 Å². The Labute approximate surface area is 130 Å². The molecule has 0 aliphatic carbocycles. The lowest BCUT2D eigenvalue weighted by atomic mass is 10.1. The molecule has 2 aromatic carbocycles. The smallest absolute Gasteiger partial charge is 0.224 e. The number of nitrogens with one attached hydrogen (secondary N) is 1. The average molecular weight is 290 g/mol. The number of rotatable bonds is 4. The first-order valence-corrected chi connectivity index (χ1v) is 7.38. The van der Waals surface area contributed by atoms with E-state index in [4.69, 9.17) is 0 Å². The molecule has 1 aromatic heterocycles. The third kappa shape index (κ3) is 3.14. The van der Waals surface area contributed by atoms with Crippen molar-refractivity contribution in [1.82, 2.24) is 10.3 Å². The molecule has 0 fully saturated rings.